The van der Waals surface area contributed by atoms with E-state index in [1.54, 1.807) is 0 Å². The van der Waals surface area contributed by atoms with Gasteiger partial charge in [-0.2, -0.15) is 0 Å². The molecule has 0 atom stereocenters. The topological polar surface area (TPSA) is 143 Å². The molecule has 0 rings (SSSR count). The minimum atomic E-state index is -4.48. The Labute approximate surface area is 122 Å². The second-order valence-corrected chi connectivity index (χ2v) is 5.46. The summed E-state index contributed by atoms with van der Waals surface area (Å²) in [6, 6.07) is 0. The molecule has 8 heteroatoms. The van der Waals surface area contributed by atoms with E-state index in [9.17, 15) is 13.0 Å². The van der Waals surface area contributed by atoms with E-state index in [2.05, 4.69) is 11.1 Å². The van der Waals surface area contributed by atoms with Crippen molar-refractivity contribution in [3.05, 3.63) is 0 Å². The van der Waals surface area contributed by atoms with Crippen molar-refractivity contribution in [3.63, 3.8) is 0 Å². The lowest BCUT2D eigenvalue weighted by Gasteiger charge is -2.06. The summed E-state index contributed by atoms with van der Waals surface area (Å²) in [7, 11) is -4.48. The summed E-state index contributed by atoms with van der Waals surface area (Å²) >= 11 is 0. The fourth-order valence-electron chi connectivity index (χ4n) is 1.75. The highest BCUT2D eigenvalue weighted by molar-refractivity contribution is 7.80. The molecule has 0 aromatic rings. The fourth-order valence-corrected chi connectivity index (χ4v) is 2.07. The van der Waals surface area contributed by atoms with Crippen LogP contribution in [0.2, 0.25) is 0 Å². The van der Waals surface area contributed by atoms with Crippen LogP contribution in [0.5, 0.6) is 0 Å². The summed E-state index contributed by atoms with van der Waals surface area (Å²) in [6.07, 6.45) is 11.7. The molecule has 0 radical (unpaired) electrons. The smallest absolute Gasteiger partial charge is 0.217 e. The first kappa shape index (κ1) is 24.7. The van der Waals surface area contributed by atoms with E-state index in [-0.39, 0.29) is 12.8 Å². The lowest BCUT2D eigenvalue weighted by Crippen LogP contribution is -2.05. The van der Waals surface area contributed by atoms with Crippen LogP contribution >= 0.6 is 0 Å². The maximum absolute atomic E-state index is 10.1. The molecule has 0 aliphatic heterocycles. The Morgan fingerprint density at radius 2 is 1.20 bits per heavy atom. The van der Waals surface area contributed by atoms with Gasteiger partial charge in [0.2, 0.25) is 10.4 Å². The lowest BCUT2D eigenvalue weighted by molar-refractivity contribution is -0.176. The van der Waals surface area contributed by atoms with Gasteiger partial charge in [0.05, 0.1) is 6.61 Å². The van der Waals surface area contributed by atoms with Crippen LogP contribution in [-0.2, 0) is 14.6 Å². The first-order valence-corrected chi connectivity index (χ1v) is 8.20. The monoisotopic (exact) mass is 317 g/mol. The van der Waals surface area contributed by atoms with Gasteiger partial charge in [-0.1, -0.05) is 64.7 Å². The van der Waals surface area contributed by atoms with Gasteiger partial charge < -0.3 is 10.7 Å². The molecule has 0 aromatic heterocycles. The van der Waals surface area contributed by atoms with Crippen molar-refractivity contribution in [3.8, 4) is 0 Å². The van der Waals surface area contributed by atoms with Crippen LogP contribution in [0.4, 0.5) is 0 Å². The molecule has 0 spiro atoms. The normalized spacial score (nSPS) is 10.4. The molecule has 0 saturated heterocycles. The number of unbranched alkanes of at least 4 members (excludes halogenated alkanes) is 9. The van der Waals surface area contributed by atoms with Crippen LogP contribution < -0.4 is 6.15 Å². The first-order chi connectivity index (χ1) is 9.06. The van der Waals surface area contributed by atoms with Gasteiger partial charge >= 0.3 is 0 Å². The maximum Gasteiger partial charge on any atom is 0.217 e. The molecule has 0 fully saturated rings. The molecular weight excluding hydrogens is 286 g/mol. The molecule has 0 unspecified atom stereocenters. The Bertz CT molecular complexity index is 259. The highest BCUT2D eigenvalue weighted by Crippen LogP contribution is 2.10. The minimum Gasteiger partial charge on any atom is -0.726 e. The van der Waals surface area contributed by atoms with Gasteiger partial charge in [-0.3, -0.25) is 14.7 Å². The summed E-state index contributed by atoms with van der Waals surface area (Å²) < 4.78 is 34.5. The Balaban J connectivity index is -0.000000916. The largest absolute Gasteiger partial charge is 0.726 e. The zero-order valence-electron chi connectivity index (χ0n) is 12.7. The van der Waals surface area contributed by atoms with Gasteiger partial charge in [-0.15, -0.1) is 0 Å². The van der Waals surface area contributed by atoms with E-state index < -0.39 is 10.4 Å². The molecule has 126 valence electrons. The van der Waals surface area contributed by atoms with Crippen LogP contribution in [0.3, 0.4) is 0 Å². The van der Waals surface area contributed by atoms with E-state index in [1.165, 1.54) is 44.9 Å². The molecule has 0 bridgehead atoms. The van der Waals surface area contributed by atoms with Crippen LogP contribution in [0.15, 0.2) is 0 Å². The molecule has 0 heterocycles. The second-order valence-electron chi connectivity index (χ2n) is 4.41. The van der Waals surface area contributed by atoms with Crippen LogP contribution in [0, 0.1) is 0 Å². The standard InChI is InChI=1S/C12H26O4S.H3N.H2O2/c1-2-3-4-5-6-7-8-9-10-11-12-16-17(13,14)15;;1-2/h2-12H2,1H3,(H,13,14,15);1H3;1-2H. The summed E-state index contributed by atoms with van der Waals surface area (Å²) in [6.45, 7) is 2.24. The van der Waals surface area contributed by atoms with E-state index in [1.807, 2.05) is 0 Å². The van der Waals surface area contributed by atoms with Gasteiger partial charge in [0, 0.05) is 0 Å². The van der Waals surface area contributed by atoms with Crippen molar-refractivity contribution in [2.75, 3.05) is 6.61 Å². The van der Waals surface area contributed by atoms with Crippen LogP contribution in [0.25, 0.3) is 0 Å². The molecule has 6 N–H and O–H groups in total. The molecule has 0 amide bonds. The third-order valence-corrected chi connectivity index (χ3v) is 3.18. The predicted molar refractivity (Wildman–Crippen MR) is 78.7 cm³/mol. The molecular formula is C12H31NO6S. The predicted octanol–water partition coefficient (Wildman–Crippen LogP) is 3.78. The SMILES string of the molecule is CCCCCCCCCCCCOS(=O)(=O)[O-].OO.[NH4+]. The average molecular weight is 317 g/mol. The van der Waals surface area contributed by atoms with Gasteiger partial charge in [0.25, 0.3) is 0 Å². The average Bonchev–Trinajstić information content (AvgIpc) is 2.37. The summed E-state index contributed by atoms with van der Waals surface area (Å²) in [5.74, 6) is 0. The summed E-state index contributed by atoms with van der Waals surface area (Å²) in [5.41, 5.74) is 0. The number of hydrogen-bond acceptors (Lipinski definition) is 6. The highest BCUT2D eigenvalue weighted by Gasteiger charge is 1.95. The third-order valence-electron chi connectivity index (χ3n) is 2.73. The molecule has 0 saturated carbocycles. The molecule has 7 nitrogen and oxygen atoms in total. The second kappa shape index (κ2) is 18.8. The zero-order chi connectivity index (χ0) is 15.0. The van der Waals surface area contributed by atoms with Crippen molar-refractivity contribution < 1.29 is 27.7 Å². The highest BCUT2D eigenvalue weighted by atomic mass is 32.3. The zero-order valence-corrected chi connectivity index (χ0v) is 13.5. The van der Waals surface area contributed by atoms with Crippen LogP contribution in [0.1, 0.15) is 71.1 Å². The number of rotatable bonds is 12. The van der Waals surface area contributed by atoms with Gasteiger partial charge in [0.1, 0.15) is 0 Å². The molecule has 20 heavy (non-hydrogen) atoms. The Hall–Kier alpha value is -0.250. The van der Waals surface area contributed by atoms with Crippen molar-refractivity contribution in [1.29, 1.82) is 0 Å². The summed E-state index contributed by atoms with van der Waals surface area (Å²) in [5, 5.41) is 12.0. The number of hydrogen-bond donors (Lipinski definition) is 3. The molecule has 0 aliphatic rings. The van der Waals surface area contributed by atoms with E-state index in [0.29, 0.717) is 6.42 Å². The van der Waals surface area contributed by atoms with Gasteiger partial charge in [-0.25, -0.2) is 8.42 Å². The molecule has 0 aromatic carbocycles. The van der Waals surface area contributed by atoms with Crippen molar-refractivity contribution in [1.82, 2.24) is 6.15 Å². The van der Waals surface area contributed by atoms with Crippen molar-refractivity contribution in [2.24, 2.45) is 0 Å². The van der Waals surface area contributed by atoms with E-state index in [0.717, 1.165) is 12.8 Å². The fraction of sp³-hybridized carbons (Fsp3) is 1.00. The van der Waals surface area contributed by atoms with E-state index >= 15 is 0 Å². The maximum atomic E-state index is 10.1. The Morgan fingerprint density at radius 3 is 1.55 bits per heavy atom. The molecule has 0 aliphatic carbocycles. The Morgan fingerprint density at radius 1 is 0.850 bits per heavy atom. The summed E-state index contributed by atoms with van der Waals surface area (Å²) in [4.78, 5) is 0. The number of quaternary nitrogens is 1. The minimum absolute atomic E-state index is 0. The van der Waals surface area contributed by atoms with E-state index in [4.69, 9.17) is 10.5 Å². The van der Waals surface area contributed by atoms with Crippen molar-refractivity contribution >= 4 is 10.4 Å². The van der Waals surface area contributed by atoms with Gasteiger partial charge in [-0.05, 0) is 6.42 Å². The quantitative estimate of drug-likeness (QED) is 0.164. The first-order valence-electron chi connectivity index (χ1n) is 6.86. The van der Waals surface area contributed by atoms with Crippen molar-refractivity contribution in [2.45, 2.75) is 71.1 Å². The lowest BCUT2D eigenvalue weighted by atomic mass is 10.1. The Kier molecular flexibility index (Phi) is 23.2. The third kappa shape index (κ3) is 26.3. The van der Waals surface area contributed by atoms with Crippen LogP contribution in [-0.4, -0.2) is 30.1 Å². The van der Waals surface area contributed by atoms with Gasteiger partial charge in [0.15, 0.2) is 0 Å².